The molecule has 2 saturated heterocycles. The molecule has 0 saturated carbocycles. The third-order valence-corrected chi connectivity index (χ3v) is 7.10. The Balaban J connectivity index is 1.18. The number of carbonyl (C=O) groups is 1. The average molecular weight is 509 g/mol. The molecule has 0 bridgehead atoms. The summed E-state index contributed by atoms with van der Waals surface area (Å²) in [6.45, 7) is 4.29. The Bertz CT molecular complexity index is 1220. The molecule has 0 radical (unpaired) electrons. The zero-order chi connectivity index (χ0) is 25.9. The number of anilines is 1. The minimum absolute atomic E-state index is 0.222. The van der Waals surface area contributed by atoms with Crippen LogP contribution in [0.4, 0.5) is 14.9 Å². The minimum Gasteiger partial charge on any atom is -0.443 e. The normalized spacial score (nSPS) is 19.1. The first-order chi connectivity index (χ1) is 17.9. The quantitative estimate of drug-likeness (QED) is 0.459. The van der Waals surface area contributed by atoms with Crippen molar-refractivity contribution in [3.63, 3.8) is 0 Å². The van der Waals surface area contributed by atoms with Gasteiger partial charge < -0.3 is 9.64 Å². The summed E-state index contributed by atoms with van der Waals surface area (Å²) in [6, 6.07) is 8.29. The molecule has 4 heterocycles. The van der Waals surface area contributed by atoms with Gasteiger partial charge in [-0.3, -0.25) is 14.8 Å². The summed E-state index contributed by atoms with van der Waals surface area (Å²) >= 11 is 0. The van der Waals surface area contributed by atoms with Crippen molar-refractivity contribution in [2.45, 2.75) is 25.4 Å². The number of hydrogen-bond acceptors (Lipinski definition) is 8. The van der Waals surface area contributed by atoms with Gasteiger partial charge in [-0.1, -0.05) is 6.07 Å². The monoisotopic (exact) mass is 508 g/mol. The Kier molecular flexibility index (Phi) is 7.43. The van der Waals surface area contributed by atoms with Crippen LogP contribution >= 0.6 is 0 Å². The number of rotatable bonds is 8. The molecule has 2 aromatic heterocycles. The van der Waals surface area contributed by atoms with Gasteiger partial charge in [-0.05, 0) is 88.4 Å². The van der Waals surface area contributed by atoms with Gasteiger partial charge >= 0.3 is 6.09 Å². The average Bonchev–Trinajstić information content (AvgIpc) is 3.48. The van der Waals surface area contributed by atoms with Crippen molar-refractivity contribution in [1.82, 2.24) is 35.0 Å². The number of amides is 1. The summed E-state index contributed by atoms with van der Waals surface area (Å²) in [4.78, 5) is 24.4. The number of halogens is 1. The van der Waals surface area contributed by atoms with E-state index in [2.05, 4.69) is 44.3 Å². The first-order valence-corrected chi connectivity index (χ1v) is 12.7. The molecule has 2 aliphatic heterocycles. The van der Waals surface area contributed by atoms with E-state index < -0.39 is 11.9 Å². The first-order valence-electron chi connectivity index (χ1n) is 12.7. The van der Waals surface area contributed by atoms with Crippen LogP contribution in [0.2, 0.25) is 0 Å². The van der Waals surface area contributed by atoms with Crippen molar-refractivity contribution < 1.29 is 13.9 Å². The molecule has 0 aliphatic carbocycles. The van der Waals surface area contributed by atoms with Crippen LogP contribution < -0.4 is 4.90 Å². The second-order valence-electron chi connectivity index (χ2n) is 10.2. The molecular weight excluding hydrogens is 475 g/mol. The molecule has 2 fully saturated rings. The van der Waals surface area contributed by atoms with Crippen LogP contribution in [-0.2, 0) is 11.8 Å². The maximum absolute atomic E-state index is 15.1. The van der Waals surface area contributed by atoms with Gasteiger partial charge in [0.05, 0.1) is 19.3 Å². The van der Waals surface area contributed by atoms with Crippen molar-refractivity contribution in [2.75, 3.05) is 51.7 Å². The predicted molar refractivity (Wildman–Crippen MR) is 137 cm³/mol. The number of hydrogen-bond donors (Lipinski definition) is 0. The minimum atomic E-state index is -0.430. The lowest BCUT2D eigenvalue weighted by Gasteiger charge is -2.33. The summed E-state index contributed by atoms with van der Waals surface area (Å²) in [6.07, 6.45) is 4.51. The molecule has 1 aromatic carbocycles. The molecule has 1 unspecified atom stereocenters. The number of carbonyl (C=O) groups excluding carboxylic acids is 1. The van der Waals surface area contributed by atoms with E-state index in [4.69, 9.17) is 4.74 Å². The second-order valence-corrected chi connectivity index (χ2v) is 10.2. The molecule has 3 aromatic rings. The highest BCUT2D eigenvalue weighted by molar-refractivity contribution is 5.90. The fourth-order valence-electron chi connectivity index (χ4n) is 4.99. The molecule has 37 heavy (non-hydrogen) atoms. The molecular formula is C26H33FN8O2. The fraction of sp³-hybridized carbons (Fsp3) is 0.500. The van der Waals surface area contributed by atoms with Crippen LogP contribution in [0.5, 0.6) is 0 Å². The predicted octanol–water partition coefficient (Wildman–Crippen LogP) is 3.07. The van der Waals surface area contributed by atoms with Gasteiger partial charge in [-0.25, -0.2) is 9.18 Å². The van der Waals surface area contributed by atoms with E-state index in [1.807, 2.05) is 0 Å². The third-order valence-electron chi connectivity index (χ3n) is 7.10. The van der Waals surface area contributed by atoms with E-state index in [0.717, 1.165) is 25.6 Å². The van der Waals surface area contributed by atoms with Crippen LogP contribution in [0.1, 0.15) is 19.3 Å². The Morgan fingerprint density at radius 1 is 1.16 bits per heavy atom. The molecule has 0 spiro atoms. The van der Waals surface area contributed by atoms with E-state index >= 15 is 4.39 Å². The molecule has 5 rings (SSSR count). The number of piperidine rings is 1. The van der Waals surface area contributed by atoms with Crippen LogP contribution in [0, 0.1) is 11.7 Å². The van der Waals surface area contributed by atoms with E-state index in [1.165, 1.54) is 35.0 Å². The lowest BCUT2D eigenvalue weighted by Crippen LogP contribution is -2.40. The van der Waals surface area contributed by atoms with Crippen molar-refractivity contribution in [1.29, 1.82) is 0 Å². The highest BCUT2D eigenvalue weighted by Gasteiger charge is 2.34. The van der Waals surface area contributed by atoms with Crippen molar-refractivity contribution in [3.05, 3.63) is 42.3 Å². The molecule has 1 atom stereocenters. The van der Waals surface area contributed by atoms with E-state index in [-0.39, 0.29) is 6.10 Å². The first kappa shape index (κ1) is 25.2. The number of tetrazole rings is 1. The molecule has 0 N–H and O–H groups in total. The maximum atomic E-state index is 15.1. The second kappa shape index (κ2) is 10.9. The van der Waals surface area contributed by atoms with Gasteiger partial charge in [0.25, 0.3) is 0 Å². The number of pyridine rings is 1. The van der Waals surface area contributed by atoms with Crippen LogP contribution in [-0.4, -0.2) is 94.0 Å². The van der Waals surface area contributed by atoms with Crippen LogP contribution in [0.25, 0.3) is 22.6 Å². The molecule has 11 heteroatoms. The summed E-state index contributed by atoms with van der Waals surface area (Å²) in [5, 5.41) is 11.9. The third kappa shape index (κ3) is 5.94. The topological polar surface area (TPSA) is 92.5 Å². The maximum Gasteiger partial charge on any atom is 0.414 e. The highest BCUT2D eigenvalue weighted by Crippen LogP contribution is 2.30. The molecule has 196 valence electrons. The Morgan fingerprint density at radius 2 is 1.97 bits per heavy atom. The van der Waals surface area contributed by atoms with Crippen molar-refractivity contribution >= 4 is 11.8 Å². The Labute approximate surface area is 216 Å². The van der Waals surface area contributed by atoms with Crippen molar-refractivity contribution in [3.8, 4) is 22.6 Å². The van der Waals surface area contributed by atoms with E-state index in [9.17, 15) is 4.79 Å². The highest BCUT2D eigenvalue weighted by atomic mass is 19.1. The lowest BCUT2D eigenvalue weighted by molar-refractivity contribution is 0.0894. The van der Waals surface area contributed by atoms with Crippen molar-refractivity contribution in [2.24, 2.45) is 13.0 Å². The number of benzene rings is 1. The Hall–Kier alpha value is -3.44. The van der Waals surface area contributed by atoms with Gasteiger partial charge in [0.15, 0.2) is 0 Å². The largest absolute Gasteiger partial charge is 0.443 e. The molecule has 2 aliphatic rings. The van der Waals surface area contributed by atoms with Gasteiger partial charge in [-0.2, -0.15) is 4.80 Å². The number of ether oxygens (including phenoxy) is 1. The fourth-order valence-corrected chi connectivity index (χ4v) is 4.99. The molecule has 10 nitrogen and oxygen atoms in total. The summed E-state index contributed by atoms with van der Waals surface area (Å²) in [5.74, 6) is 0.735. The number of aryl methyl sites for hydroxylation is 1. The van der Waals surface area contributed by atoms with Crippen LogP contribution in [0.3, 0.4) is 0 Å². The number of likely N-dealkylation sites (tertiary alicyclic amines) is 1. The lowest BCUT2D eigenvalue weighted by atomic mass is 9.93. The van der Waals surface area contributed by atoms with Gasteiger partial charge in [0.2, 0.25) is 5.82 Å². The number of nitrogens with zero attached hydrogens (tertiary/aromatic N) is 8. The SMILES string of the molecule is CN(C)CCC1CCN(CC2CN(c3ccc(-c4ccc(-c5nnn(C)n5)nc4)c(F)c3)C(=O)O2)CC1. The standard InChI is InChI=1S/C26H33FN8O2/c1-32(2)11-8-18-9-12-34(13-10-18)16-21-17-35(26(36)37-21)20-5-6-22(23(27)14-20)19-4-7-24(28-15-19)25-29-31-33(3)30-25/h4-7,14-15,18,21H,8-13,16-17H2,1-3H3. The Morgan fingerprint density at radius 3 is 2.62 bits per heavy atom. The van der Waals surface area contributed by atoms with Crippen LogP contribution in [0.15, 0.2) is 36.5 Å². The smallest absolute Gasteiger partial charge is 0.414 e. The van der Waals surface area contributed by atoms with Gasteiger partial charge in [0.1, 0.15) is 17.6 Å². The number of cyclic esters (lactones) is 1. The van der Waals surface area contributed by atoms with Gasteiger partial charge in [0, 0.05) is 23.9 Å². The summed E-state index contributed by atoms with van der Waals surface area (Å²) in [5.41, 5.74) is 2.06. The zero-order valence-electron chi connectivity index (χ0n) is 21.5. The zero-order valence-corrected chi connectivity index (χ0v) is 21.5. The number of aromatic nitrogens is 5. The molecule has 1 amide bonds. The summed E-state index contributed by atoms with van der Waals surface area (Å²) < 4.78 is 20.7. The van der Waals surface area contributed by atoms with E-state index in [0.29, 0.717) is 41.4 Å². The summed E-state index contributed by atoms with van der Waals surface area (Å²) in [7, 11) is 5.91. The van der Waals surface area contributed by atoms with E-state index in [1.54, 1.807) is 37.5 Å². The van der Waals surface area contributed by atoms with Gasteiger partial charge in [-0.15, -0.1) is 10.2 Å².